The number of alkyl halides is 3. The van der Waals surface area contributed by atoms with Crippen molar-refractivity contribution in [2.24, 2.45) is 0 Å². The molecule has 0 aliphatic carbocycles. The first-order chi connectivity index (χ1) is 9.07. The Kier molecular flexibility index (Phi) is 4.56. The number of hydrogen-bond acceptors (Lipinski definition) is 5. The smallest absolute Gasteiger partial charge is 0.393 e. The number of rotatable bonds is 5. The molecule has 0 aliphatic heterocycles. The van der Waals surface area contributed by atoms with Gasteiger partial charge in [-0.2, -0.15) is 13.2 Å². The summed E-state index contributed by atoms with van der Waals surface area (Å²) in [6.07, 6.45) is -4.78. The van der Waals surface area contributed by atoms with Gasteiger partial charge < -0.3 is 15.5 Å². The fourth-order valence-corrected chi connectivity index (χ4v) is 1.38. The maximum Gasteiger partial charge on any atom is 0.418 e. The van der Waals surface area contributed by atoms with Crippen LogP contribution in [0.1, 0.15) is 12.5 Å². The zero-order valence-corrected chi connectivity index (χ0v) is 10.4. The van der Waals surface area contributed by atoms with E-state index in [4.69, 9.17) is 5.11 Å². The standard InChI is InChI=1S/C11H13F3N2O4/c1-10(18,6-17)5-15-9-3-2-7(16(19)20)4-8(9)11(12,13)14/h2-4,15,17-18H,5-6H2,1H3. The number of nitro groups is 1. The molecule has 0 saturated heterocycles. The average molecular weight is 294 g/mol. The molecule has 9 heteroatoms. The highest BCUT2D eigenvalue weighted by atomic mass is 19.4. The van der Waals surface area contributed by atoms with E-state index in [9.17, 15) is 28.4 Å². The molecular weight excluding hydrogens is 281 g/mol. The molecule has 1 aromatic carbocycles. The van der Waals surface area contributed by atoms with Crippen molar-refractivity contribution in [3.05, 3.63) is 33.9 Å². The van der Waals surface area contributed by atoms with Crippen LogP contribution in [-0.2, 0) is 6.18 Å². The van der Waals surface area contributed by atoms with Crippen LogP contribution in [0.3, 0.4) is 0 Å². The Balaban J connectivity index is 3.10. The number of nitrogens with zero attached hydrogens (tertiary/aromatic N) is 1. The van der Waals surface area contributed by atoms with Crippen LogP contribution in [0.5, 0.6) is 0 Å². The van der Waals surface area contributed by atoms with Gasteiger partial charge >= 0.3 is 6.18 Å². The highest BCUT2D eigenvalue weighted by molar-refractivity contribution is 5.57. The van der Waals surface area contributed by atoms with Gasteiger partial charge in [0.05, 0.1) is 17.1 Å². The second-order valence-corrected chi connectivity index (χ2v) is 4.49. The van der Waals surface area contributed by atoms with Crippen LogP contribution < -0.4 is 5.32 Å². The summed E-state index contributed by atoms with van der Waals surface area (Å²) in [6.45, 7) is 0.247. The Morgan fingerprint density at radius 2 is 2.00 bits per heavy atom. The second kappa shape index (κ2) is 5.63. The van der Waals surface area contributed by atoms with Crippen molar-refractivity contribution in [3.8, 4) is 0 Å². The predicted octanol–water partition coefficient (Wildman–Crippen LogP) is 1.77. The molecule has 112 valence electrons. The molecule has 0 heterocycles. The van der Waals surface area contributed by atoms with E-state index in [1.165, 1.54) is 6.92 Å². The molecule has 0 saturated carbocycles. The van der Waals surface area contributed by atoms with Crippen molar-refractivity contribution < 1.29 is 28.3 Å². The fourth-order valence-electron chi connectivity index (χ4n) is 1.38. The Morgan fingerprint density at radius 1 is 1.40 bits per heavy atom. The highest BCUT2D eigenvalue weighted by Gasteiger charge is 2.35. The zero-order valence-electron chi connectivity index (χ0n) is 10.4. The summed E-state index contributed by atoms with van der Waals surface area (Å²) in [5, 5.41) is 31.2. The Hall–Kier alpha value is -1.87. The number of anilines is 1. The quantitative estimate of drug-likeness (QED) is 0.568. The first-order valence-electron chi connectivity index (χ1n) is 5.49. The number of nitrogens with one attached hydrogen (secondary N) is 1. The largest absolute Gasteiger partial charge is 0.418 e. The Labute approximate surface area is 112 Å². The minimum Gasteiger partial charge on any atom is -0.393 e. The molecule has 0 bridgehead atoms. The van der Waals surface area contributed by atoms with E-state index in [0.717, 1.165) is 12.1 Å². The molecule has 1 unspecified atom stereocenters. The van der Waals surface area contributed by atoms with Gasteiger partial charge in [-0.05, 0) is 13.0 Å². The van der Waals surface area contributed by atoms with Gasteiger partial charge in [-0.15, -0.1) is 0 Å². The van der Waals surface area contributed by atoms with Gasteiger partial charge in [0, 0.05) is 24.4 Å². The van der Waals surface area contributed by atoms with E-state index < -0.39 is 40.2 Å². The van der Waals surface area contributed by atoms with E-state index in [2.05, 4.69) is 5.32 Å². The second-order valence-electron chi connectivity index (χ2n) is 4.49. The summed E-state index contributed by atoms with van der Waals surface area (Å²) < 4.78 is 38.5. The van der Waals surface area contributed by atoms with Crippen molar-refractivity contribution in [1.29, 1.82) is 0 Å². The summed E-state index contributed by atoms with van der Waals surface area (Å²) in [5.74, 6) is 0. The molecule has 20 heavy (non-hydrogen) atoms. The van der Waals surface area contributed by atoms with Crippen LogP contribution in [0.4, 0.5) is 24.5 Å². The van der Waals surface area contributed by atoms with Crippen molar-refractivity contribution in [2.45, 2.75) is 18.7 Å². The average Bonchev–Trinajstić information content (AvgIpc) is 2.35. The molecule has 0 radical (unpaired) electrons. The number of aliphatic hydroxyl groups is 2. The molecule has 0 aliphatic rings. The Morgan fingerprint density at radius 3 is 2.45 bits per heavy atom. The minimum absolute atomic E-state index is 0.343. The summed E-state index contributed by atoms with van der Waals surface area (Å²) in [7, 11) is 0. The lowest BCUT2D eigenvalue weighted by molar-refractivity contribution is -0.385. The third-order valence-electron chi connectivity index (χ3n) is 2.52. The van der Waals surface area contributed by atoms with Crippen LogP contribution in [0.15, 0.2) is 18.2 Å². The highest BCUT2D eigenvalue weighted by Crippen LogP contribution is 2.37. The summed E-state index contributed by atoms with van der Waals surface area (Å²) in [4.78, 5) is 9.57. The van der Waals surface area contributed by atoms with Crippen LogP contribution in [0.25, 0.3) is 0 Å². The number of aliphatic hydroxyl groups excluding tert-OH is 1. The van der Waals surface area contributed by atoms with Gasteiger partial charge in [0.1, 0.15) is 5.60 Å². The lowest BCUT2D eigenvalue weighted by Gasteiger charge is -2.22. The van der Waals surface area contributed by atoms with E-state index in [-0.39, 0.29) is 6.54 Å². The van der Waals surface area contributed by atoms with E-state index in [1.807, 2.05) is 0 Å². The normalized spacial score (nSPS) is 14.7. The summed E-state index contributed by atoms with van der Waals surface area (Å²) in [5.41, 5.74) is -3.90. The maximum atomic E-state index is 12.8. The summed E-state index contributed by atoms with van der Waals surface area (Å²) >= 11 is 0. The molecule has 0 fully saturated rings. The van der Waals surface area contributed by atoms with Crippen LogP contribution >= 0.6 is 0 Å². The third-order valence-corrected chi connectivity index (χ3v) is 2.52. The van der Waals surface area contributed by atoms with E-state index in [1.54, 1.807) is 0 Å². The SMILES string of the molecule is CC(O)(CO)CNc1ccc([N+](=O)[O-])cc1C(F)(F)F. The van der Waals surface area contributed by atoms with Crippen molar-refractivity contribution in [2.75, 3.05) is 18.5 Å². The number of benzene rings is 1. The maximum absolute atomic E-state index is 12.8. The number of nitro benzene ring substituents is 1. The molecule has 3 N–H and O–H groups in total. The molecule has 0 spiro atoms. The van der Waals surface area contributed by atoms with E-state index >= 15 is 0 Å². The van der Waals surface area contributed by atoms with Crippen molar-refractivity contribution in [1.82, 2.24) is 0 Å². The van der Waals surface area contributed by atoms with Crippen LogP contribution in [0.2, 0.25) is 0 Å². The molecule has 6 nitrogen and oxygen atoms in total. The minimum atomic E-state index is -4.78. The third kappa shape index (κ3) is 4.07. The predicted molar refractivity (Wildman–Crippen MR) is 64.3 cm³/mol. The summed E-state index contributed by atoms with van der Waals surface area (Å²) in [6, 6.07) is 2.25. The number of halogens is 3. The first-order valence-corrected chi connectivity index (χ1v) is 5.49. The van der Waals surface area contributed by atoms with E-state index in [0.29, 0.717) is 6.07 Å². The van der Waals surface area contributed by atoms with Gasteiger partial charge in [-0.3, -0.25) is 10.1 Å². The number of hydrogen-bond donors (Lipinski definition) is 3. The van der Waals surface area contributed by atoms with Gasteiger partial charge in [0.25, 0.3) is 5.69 Å². The molecule has 1 atom stereocenters. The molecular formula is C11H13F3N2O4. The van der Waals surface area contributed by atoms with Gasteiger partial charge in [-0.25, -0.2) is 0 Å². The first kappa shape index (κ1) is 16.2. The lowest BCUT2D eigenvalue weighted by atomic mass is 10.1. The molecule has 1 aromatic rings. The fraction of sp³-hybridized carbons (Fsp3) is 0.455. The molecule has 0 aromatic heterocycles. The monoisotopic (exact) mass is 294 g/mol. The van der Waals surface area contributed by atoms with Crippen LogP contribution in [-0.4, -0.2) is 33.9 Å². The Bertz CT molecular complexity index is 503. The lowest BCUT2D eigenvalue weighted by Crippen LogP contribution is -2.37. The van der Waals surface area contributed by atoms with Gasteiger partial charge in [-0.1, -0.05) is 0 Å². The number of non-ortho nitro benzene ring substituents is 1. The van der Waals surface area contributed by atoms with Gasteiger partial charge in [0.2, 0.25) is 0 Å². The van der Waals surface area contributed by atoms with Crippen LogP contribution in [0, 0.1) is 10.1 Å². The molecule has 1 rings (SSSR count). The topological polar surface area (TPSA) is 95.6 Å². The van der Waals surface area contributed by atoms with Crippen molar-refractivity contribution >= 4 is 11.4 Å². The zero-order chi connectivity index (χ0) is 15.6. The van der Waals surface area contributed by atoms with Crippen molar-refractivity contribution in [3.63, 3.8) is 0 Å². The van der Waals surface area contributed by atoms with Gasteiger partial charge in [0.15, 0.2) is 0 Å². The molecule has 0 amide bonds.